The first kappa shape index (κ1) is 15.7. The Labute approximate surface area is 135 Å². The van der Waals surface area contributed by atoms with E-state index in [4.69, 9.17) is 16.2 Å². The average Bonchev–Trinajstić information content (AvgIpc) is 2.52. The molecule has 3 rings (SSSR count). The number of anilines is 1. The largest absolute Gasteiger partial charge is 0.440 e. The number of nitrogens with zero attached hydrogens (tertiary/aromatic N) is 1. The lowest BCUT2D eigenvalue weighted by Crippen LogP contribution is -2.21. The van der Waals surface area contributed by atoms with Gasteiger partial charge in [0, 0.05) is 17.3 Å². The number of nitrogen functional groups attached to an aromatic ring is 1. The Hall–Kier alpha value is -3.14. The molecule has 4 N–H and O–H groups in total. The van der Waals surface area contributed by atoms with E-state index in [-0.39, 0.29) is 11.5 Å². The van der Waals surface area contributed by atoms with Gasteiger partial charge < -0.3 is 16.2 Å². The lowest BCUT2D eigenvalue weighted by Gasteiger charge is -2.26. The van der Waals surface area contributed by atoms with Crippen LogP contribution < -0.4 is 16.2 Å². The second-order valence-electron chi connectivity index (χ2n) is 5.34. The number of alkyl halides is 3. The van der Waals surface area contributed by atoms with E-state index in [9.17, 15) is 18.4 Å². The number of nitrogens with two attached hydrogens (primary N) is 2. The zero-order valence-corrected chi connectivity index (χ0v) is 12.3. The van der Waals surface area contributed by atoms with Crippen LogP contribution in [0.1, 0.15) is 22.6 Å². The van der Waals surface area contributed by atoms with E-state index in [1.54, 1.807) is 18.2 Å². The fourth-order valence-electron chi connectivity index (χ4n) is 2.68. The number of fused-ring (bicyclic) bond motifs is 1. The van der Waals surface area contributed by atoms with E-state index < -0.39 is 17.7 Å². The van der Waals surface area contributed by atoms with Crippen LogP contribution in [-0.2, 0) is 6.18 Å². The Balaban J connectivity index is 2.13. The van der Waals surface area contributed by atoms with Crippen molar-refractivity contribution in [1.82, 2.24) is 0 Å². The molecule has 0 amide bonds. The highest BCUT2D eigenvalue weighted by Gasteiger charge is 2.33. The smallest absolute Gasteiger partial charge is 0.416 e. The van der Waals surface area contributed by atoms with Gasteiger partial charge in [0.2, 0.25) is 5.88 Å². The van der Waals surface area contributed by atoms with Crippen LogP contribution in [0.2, 0.25) is 0 Å². The minimum absolute atomic E-state index is 0.0829. The standard InChI is InChI=1S/C17H12F3N3O/c18-17(19,20)10-3-1-9(2-4-10)15-12-6-5-11(22)7-14(12)24-16(23)13(15)8-21/h1-7,15H,22-23H2. The molecule has 0 bridgehead atoms. The summed E-state index contributed by atoms with van der Waals surface area (Å²) in [5.74, 6) is -0.307. The van der Waals surface area contributed by atoms with E-state index in [1.165, 1.54) is 12.1 Å². The van der Waals surface area contributed by atoms with Gasteiger partial charge in [-0.1, -0.05) is 18.2 Å². The molecule has 0 aromatic heterocycles. The highest BCUT2D eigenvalue weighted by atomic mass is 19.4. The molecule has 0 spiro atoms. The molecule has 0 fully saturated rings. The van der Waals surface area contributed by atoms with Gasteiger partial charge in [-0.05, 0) is 23.8 Å². The average molecular weight is 331 g/mol. The minimum atomic E-state index is -4.42. The van der Waals surface area contributed by atoms with E-state index in [2.05, 4.69) is 0 Å². The topological polar surface area (TPSA) is 85.1 Å². The first-order valence-electron chi connectivity index (χ1n) is 6.95. The second kappa shape index (κ2) is 5.49. The molecule has 2 aromatic rings. The normalized spacial score (nSPS) is 17.0. The van der Waals surface area contributed by atoms with Gasteiger partial charge in [-0.2, -0.15) is 18.4 Å². The van der Waals surface area contributed by atoms with Crippen LogP contribution in [0.3, 0.4) is 0 Å². The maximum absolute atomic E-state index is 12.7. The van der Waals surface area contributed by atoms with Crippen molar-refractivity contribution in [1.29, 1.82) is 5.26 Å². The van der Waals surface area contributed by atoms with Crippen molar-refractivity contribution in [2.24, 2.45) is 5.73 Å². The molecule has 0 aliphatic carbocycles. The molecule has 4 nitrogen and oxygen atoms in total. The molecule has 1 aliphatic heterocycles. The van der Waals surface area contributed by atoms with E-state index in [0.29, 0.717) is 22.6 Å². The van der Waals surface area contributed by atoms with Crippen molar-refractivity contribution in [2.45, 2.75) is 12.1 Å². The third kappa shape index (κ3) is 2.63. The number of hydrogen-bond donors (Lipinski definition) is 2. The number of benzene rings is 2. The number of allylic oxidation sites excluding steroid dienone is 1. The summed E-state index contributed by atoms with van der Waals surface area (Å²) < 4.78 is 43.6. The van der Waals surface area contributed by atoms with Crippen molar-refractivity contribution >= 4 is 5.69 Å². The molecule has 1 unspecified atom stereocenters. The predicted molar refractivity (Wildman–Crippen MR) is 81.6 cm³/mol. The highest BCUT2D eigenvalue weighted by Crippen LogP contribution is 2.43. The summed E-state index contributed by atoms with van der Waals surface area (Å²) in [6.07, 6.45) is -4.42. The minimum Gasteiger partial charge on any atom is -0.440 e. The molecule has 122 valence electrons. The van der Waals surface area contributed by atoms with Gasteiger partial charge in [0.1, 0.15) is 17.4 Å². The summed E-state index contributed by atoms with van der Waals surface area (Å²) in [6.45, 7) is 0. The monoisotopic (exact) mass is 331 g/mol. The molecular weight excluding hydrogens is 319 g/mol. The van der Waals surface area contributed by atoms with E-state index >= 15 is 0 Å². The van der Waals surface area contributed by atoms with Crippen LogP contribution in [-0.4, -0.2) is 0 Å². The quantitative estimate of drug-likeness (QED) is 0.783. The molecule has 1 aliphatic rings. The van der Waals surface area contributed by atoms with Crippen molar-refractivity contribution in [3.05, 3.63) is 70.6 Å². The lowest BCUT2D eigenvalue weighted by molar-refractivity contribution is -0.137. The van der Waals surface area contributed by atoms with Crippen LogP contribution >= 0.6 is 0 Å². The van der Waals surface area contributed by atoms with Crippen LogP contribution in [0.15, 0.2) is 53.9 Å². The molecule has 0 radical (unpaired) electrons. The van der Waals surface area contributed by atoms with Crippen LogP contribution in [0.5, 0.6) is 5.75 Å². The number of hydrogen-bond acceptors (Lipinski definition) is 4. The van der Waals surface area contributed by atoms with Crippen LogP contribution in [0.25, 0.3) is 0 Å². The van der Waals surface area contributed by atoms with Crippen molar-refractivity contribution in [3.63, 3.8) is 0 Å². The maximum Gasteiger partial charge on any atom is 0.416 e. The predicted octanol–water partition coefficient (Wildman–Crippen LogP) is 3.51. The first-order chi connectivity index (χ1) is 11.3. The lowest BCUT2D eigenvalue weighted by atomic mass is 9.83. The molecule has 24 heavy (non-hydrogen) atoms. The number of ether oxygens (including phenoxy) is 1. The third-order valence-corrected chi connectivity index (χ3v) is 3.81. The first-order valence-corrected chi connectivity index (χ1v) is 6.95. The summed E-state index contributed by atoms with van der Waals surface area (Å²) in [4.78, 5) is 0. The Morgan fingerprint density at radius 3 is 2.29 bits per heavy atom. The summed E-state index contributed by atoms with van der Waals surface area (Å²) in [5.41, 5.74) is 12.5. The number of halogens is 3. The summed E-state index contributed by atoms with van der Waals surface area (Å²) in [7, 11) is 0. The second-order valence-corrected chi connectivity index (χ2v) is 5.34. The van der Waals surface area contributed by atoms with Gasteiger partial charge in [0.15, 0.2) is 0 Å². The van der Waals surface area contributed by atoms with E-state index in [0.717, 1.165) is 12.1 Å². The van der Waals surface area contributed by atoms with Crippen LogP contribution in [0, 0.1) is 11.3 Å². The molecule has 7 heteroatoms. The summed E-state index contributed by atoms with van der Waals surface area (Å²) >= 11 is 0. The van der Waals surface area contributed by atoms with Gasteiger partial charge >= 0.3 is 6.18 Å². The van der Waals surface area contributed by atoms with Gasteiger partial charge in [0.05, 0.1) is 11.5 Å². The van der Waals surface area contributed by atoms with Gasteiger partial charge in [-0.3, -0.25) is 0 Å². The Morgan fingerprint density at radius 2 is 1.71 bits per heavy atom. The van der Waals surface area contributed by atoms with Gasteiger partial charge in [0.25, 0.3) is 0 Å². The highest BCUT2D eigenvalue weighted by molar-refractivity contribution is 5.59. The molecule has 0 saturated heterocycles. The molecule has 2 aromatic carbocycles. The molecule has 1 heterocycles. The summed E-state index contributed by atoms with van der Waals surface area (Å²) in [6, 6.07) is 11.5. The van der Waals surface area contributed by atoms with Crippen molar-refractivity contribution in [3.8, 4) is 11.8 Å². The van der Waals surface area contributed by atoms with Gasteiger partial charge in [-0.25, -0.2) is 0 Å². The Morgan fingerprint density at radius 1 is 1.04 bits per heavy atom. The zero-order chi connectivity index (χ0) is 17.5. The zero-order valence-electron chi connectivity index (χ0n) is 12.3. The SMILES string of the molecule is N#CC1=C(N)Oc2cc(N)ccc2C1c1ccc(C(F)(F)F)cc1. The maximum atomic E-state index is 12.7. The Bertz CT molecular complexity index is 864. The number of nitriles is 1. The van der Waals surface area contributed by atoms with Crippen molar-refractivity contribution in [2.75, 3.05) is 5.73 Å². The van der Waals surface area contributed by atoms with Crippen molar-refractivity contribution < 1.29 is 17.9 Å². The fourth-order valence-corrected chi connectivity index (χ4v) is 2.68. The fraction of sp³-hybridized carbons (Fsp3) is 0.118. The van der Waals surface area contributed by atoms with E-state index in [1.807, 2.05) is 6.07 Å². The Kier molecular flexibility index (Phi) is 3.60. The number of rotatable bonds is 1. The third-order valence-electron chi connectivity index (χ3n) is 3.81. The molecular formula is C17H12F3N3O. The molecule has 0 saturated carbocycles. The molecule has 1 atom stereocenters. The van der Waals surface area contributed by atoms with Gasteiger partial charge in [-0.15, -0.1) is 0 Å². The van der Waals surface area contributed by atoms with Crippen LogP contribution in [0.4, 0.5) is 18.9 Å². The summed E-state index contributed by atoms with van der Waals surface area (Å²) in [5, 5.41) is 9.38.